The van der Waals surface area contributed by atoms with E-state index < -0.39 is 24.3 Å². The summed E-state index contributed by atoms with van der Waals surface area (Å²) in [5.41, 5.74) is 3.91. The van der Waals surface area contributed by atoms with Crippen molar-refractivity contribution in [2.24, 2.45) is 0 Å². The van der Waals surface area contributed by atoms with Gasteiger partial charge in [-0.15, -0.1) is 0 Å². The quantitative estimate of drug-likeness (QED) is 0.532. The smallest absolute Gasteiger partial charge is 0.475 e. The zero-order valence-corrected chi connectivity index (χ0v) is 18.3. The predicted molar refractivity (Wildman–Crippen MR) is 106 cm³/mol. The monoisotopic (exact) mass is 513 g/mol. The summed E-state index contributed by atoms with van der Waals surface area (Å²) in [5, 5.41) is 21.5. The fourth-order valence-corrected chi connectivity index (χ4v) is 2.62. The van der Waals surface area contributed by atoms with Crippen LogP contribution in [0.25, 0.3) is 0 Å². The Bertz CT molecular complexity index is 984. The minimum atomic E-state index is -5.08. The summed E-state index contributed by atoms with van der Waals surface area (Å²) in [4.78, 5) is 37.9. The van der Waals surface area contributed by atoms with Crippen molar-refractivity contribution in [1.82, 2.24) is 25.0 Å². The van der Waals surface area contributed by atoms with Gasteiger partial charge in [0.1, 0.15) is 0 Å². The Labute approximate surface area is 194 Å². The van der Waals surface area contributed by atoms with Gasteiger partial charge >= 0.3 is 24.3 Å². The second-order valence-electron chi connectivity index (χ2n) is 7.15. The van der Waals surface area contributed by atoms with Crippen LogP contribution >= 0.6 is 0 Å². The molecule has 16 heteroatoms. The van der Waals surface area contributed by atoms with E-state index in [1.807, 2.05) is 24.5 Å². The van der Waals surface area contributed by atoms with Crippen molar-refractivity contribution < 1.29 is 50.9 Å². The first-order valence-corrected chi connectivity index (χ1v) is 9.53. The first-order valence-electron chi connectivity index (χ1n) is 9.53. The van der Waals surface area contributed by atoms with Crippen LogP contribution in [0.5, 0.6) is 0 Å². The van der Waals surface area contributed by atoms with Gasteiger partial charge in [0.25, 0.3) is 5.91 Å². The molecule has 10 nitrogen and oxygen atoms in total. The molecule has 1 aliphatic heterocycles. The highest BCUT2D eigenvalue weighted by molar-refractivity contribution is 5.93. The normalized spacial score (nSPS) is 13.4. The number of carboxylic acid groups (broad SMARTS) is 2. The van der Waals surface area contributed by atoms with Crippen LogP contribution in [-0.2, 0) is 29.1 Å². The largest absolute Gasteiger partial charge is 0.490 e. The van der Waals surface area contributed by atoms with Crippen LogP contribution in [0.15, 0.2) is 24.5 Å². The number of hydrogen-bond acceptors (Lipinski definition) is 6. The molecular weight excluding hydrogens is 492 g/mol. The fourth-order valence-electron chi connectivity index (χ4n) is 2.62. The number of alkyl halides is 6. The maximum Gasteiger partial charge on any atom is 0.490 e. The summed E-state index contributed by atoms with van der Waals surface area (Å²) in [7, 11) is 3.50. The average Bonchev–Trinajstić information content (AvgIpc) is 3.16. The van der Waals surface area contributed by atoms with Gasteiger partial charge in [-0.2, -0.15) is 31.4 Å². The third kappa shape index (κ3) is 9.60. The number of carbonyl (C=O) groups is 3. The summed E-state index contributed by atoms with van der Waals surface area (Å²) >= 11 is 0. The topological polar surface area (TPSA) is 140 Å². The number of amides is 1. The first-order chi connectivity index (χ1) is 16.0. The molecule has 0 saturated carbocycles. The molecule has 0 bridgehead atoms. The Hall–Kier alpha value is -3.69. The van der Waals surface area contributed by atoms with Gasteiger partial charge in [0, 0.05) is 63.8 Å². The molecule has 1 amide bonds. The summed E-state index contributed by atoms with van der Waals surface area (Å²) in [6.07, 6.45) is -5.65. The third-order valence-corrected chi connectivity index (χ3v) is 4.26. The molecule has 194 valence electrons. The number of aromatic amines is 1. The van der Waals surface area contributed by atoms with Crippen LogP contribution in [0.3, 0.4) is 0 Å². The van der Waals surface area contributed by atoms with Gasteiger partial charge in [-0.25, -0.2) is 9.59 Å². The maximum absolute atomic E-state index is 12.2. The minimum Gasteiger partial charge on any atom is -0.475 e. The number of aliphatic carboxylic acids is 2. The molecule has 0 spiro atoms. The van der Waals surface area contributed by atoms with Crippen LogP contribution < -0.4 is 0 Å². The number of halogens is 6. The number of aromatic nitrogens is 3. The molecule has 3 heterocycles. The predicted octanol–water partition coefficient (Wildman–Crippen LogP) is 2.33. The molecule has 0 saturated heterocycles. The number of nitrogens with zero attached hydrogens (tertiary/aromatic N) is 4. The van der Waals surface area contributed by atoms with Crippen LogP contribution in [0.2, 0.25) is 0 Å². The van der Waals surface area contributed by atoms with Crippen LogP contribution in [0, 0.1) is 0 Å². The standard InChI is InChI=1S/C15H19N5O.2C2HF3O2/c1-19(2)15(21)14-12-10-20(8-5-13(12)17-18-14)9-11-3-6-16-7-4-11;2*3-2(4,5)1(6)7/h3-4,6-7H,5,8-10H2,1-2H3,(H,17,18);2*(H,6,7). The lowest BCUT2D eigenvalue weighted by Crippen LogP contribution is -2.31. The Morgan fingerprint density at radius 2 is 1.51 bits per heavy atom. The molecule has 0 fully saturated rings. The first kappa shape index (κ1) is 29.3. The van der Waals surface area contributed by atoms with Gasteiger partial charge in [-0.05, 0) is 17.7 Å². The van der Waals surface area contributed by atoms with Gasteiger partial charge in [0.2, 0.25) is 0 Å². The van der Waals surface area contributed by atoms with Gasteiger partial charge in [-0.3, -0.25) is 19.8 Å². The van der Waals surface area contributed by atoms with Crippen LogP contribution in [-0.4, -0.2) is 86.0 Å². The summed E-state index contributed by atoms with van der Waals surface area (Å²) in [6, 6.07) is 4.05. The number of hydrogen-bond donors (Lipinski definition) is 3. The highest BCUT2D eigenvalue weighted by Crippen LogP contribution is 2.22. The lowest BCUT2D eigenvalue weighted by Gasteiger charge is -2.27. The van der Waals surface area contributed by atoms with Crippen molar-refractivity contribution in [3.05, 3.63) is 47.0 Å². The summed E-state index contributed by atoms with van der Waals surface area (Å²) in [6.45, 7) is 2.58. The van der Waals surface area contributed by atoms with E-state index in [1.54, 1.807) is 19.0 Å². The number of H-pyrrole nitrogens is 1. The number of pyridine rings is 1. The molecule has 1 aliphatic rings. The van der Waals surface area contributed by atoms with Gasteiger partial charge < -0.3 is 15.1 Å². The van der Waals surface area contributed by atoms with Gasteiger partial charge in [-0.1, -0.05) is 0 Å². The van der Waals surface area contributed by atoms with E-state index in [-0.39, 0.29) is 5.91 Å². The van der Waals surface area contributed by atoms with E-state index in [2.05, 4.69) is 20.1 Å². The van der Waals surface area contributed by atoms with Crippen molar-refractivity contribution in [2.75, 3.05) is 20.6 Å². The molecule has 3 N–H and O–H groups in total. The zero-order chi connectivity index (χ0) is 27.0. The molecule has 0 atom stereocenters. The molecule has 2 aromatic heterocycles. The molecule has 3 rings (SSSR count). The van der Waals surface area contributed by atoms with E-state index in [9.17, 15) is 31.1 Å². The Kier molecular flexibility index (Phi) is 10.2. The van der Waals surface area contributed by atoms with Crippen molar-refractivity contribution >= 4 is 17.8 Å². The lowest BCUT2D eigenvalue weighted by atomic mass is 10.0. The van der Waals surface area contributed by atoms with Crippen molar-refractivity contribution in [3.63, 3.8) is 0 Å². The lowest BCUT2D eigenvalue weighted by molar-refractivity contribution is -0.193. The Morgan fingerprint density at radius 1 is 1.03 bits per heavy atom. The van der Waals surface area contributed by atoms with E-state index in [1.165, 1.54) is 5.56 Å². The molecule has 0 aliphatic carbocycles. The van der Waals surface area contributed by atoms with E-state index in [4.69, 9.17) is 19.8 Å². The molecule has 0 radical (unpaired) electrons. The van der Waals surface area contributed by atoms with E-state index in [0.717, 1.165) is 37.3 Å². The molecular formula is C19H21F6N5O5. The van der Waals surface area contributed by atoms with Crippen LogP contribution in [0.4, 0.5) is 26.3 Å². The Morgan fingerprint density at radius 3 is 1.94 bits per heavy atom. The third-order valence-electron chi connectivity index (χ3n) is 4.26. The fraction of sp³-hybridized carbons (Fsp3) is 0.421. The van der Waals surface area contributed by atoms with Gasteiger partial charge in [0.15, 0.2) is 5.69 Å². The SMILES string of the molecule is CN(C)C(=O)c1n[nH]c2c1CN(Cc1ccncc1)CC2.O=C(O)C(F)(F)F.O=C(O)C(F)(F)F. The number of nitrogens with one attached hydrogen (secondary N) is 1. The minimum absolute atomic E-state index is 0.0433. The molecule has 0 aromatic carbocycles. The number of carbonyl (C=O) groups excluding carboxylic acids is 1. The molecule has 0 unspecified atom stereocenters. The van der Waals surface area contributed by atoms with Gasteiger partial charge in [0.05, 0.1) is 0 Å². The number of carboxylic acids is 2. The van der Waals surface area contributed by atoms with Crippen molar-refractivity contribution in [1.29, 1.82) is 0 Å². The summed E-state index contributed by atoms with van der Waals surface area (Å²) in [5.74, 6) is -5.56. The summed E-state index contributed by atoms with van der Waals surface area (Å²) < 4.78 is 63.5. The highest BCUT2D eigenvalue weighted by Gasteiger charge is 2.38. The van der Waals surface area contributed by atoms with E-state index in [0.29, 0.717) is 5.69 Å². The van der Waals surface area contributed by atoms with Crippen molar-refractivity contribution in [2.45, 2.75) is 31.9 Å². The molecule has 2 aromatic rings. The van der Waals surface area contributed by atoms with Crippen molar-refractivity contribution in [3.8, 4) is 0 Å². The second-order valence-corrected chi connectivity index (χ2v) is 7.15. The second kappa shape index (κ2) is 12.1. The zero-order valence-electron chi connectivity index (χ0n) is 18.3. The maximum atomic E-state index is 12.2. The average molecular weight is 513 g/mol. The molecule has 35 heavy (non-hydrogen) atoms. The van der Waals surface area contributed by atoms with E-state index >= 15 is 0 Å². The van der Waals surface area contributed by atoms with Crippen LogP contribution in [0.1, 0.15) is 27.3 Å². The number of fused-ring (bicyclic) bond motifs is 1. The Balaban J connectivity index is 0.000000362. The highest BCUT2D eigenvalue weighted by atomic mass is 19.4. The number of rotatable bonds is 3.